The molecule has 92 valence electrons. The summed E-state index contributed by atoms with van der Waals surface area (Å²) in [4.78, 5) is 11.2. The van der Waals surface area contributed by atoms with Crippen molar-refractivity contribution in [3.8, 4) is 11.5 Å². The molecular formula is C12H10N2O4. The molecule has 1 aliphatic rings. The summed E-state index contributed by atoms with van der Waals surface area (Å²) in [6.07, 6.45) is 0. The molecule has 2 aromatic rings. The topological polar surface area (TPSA) is 74.5 Å². The molecule has 0 bridgehead atoms. The van der Waals surface area contributed by atoms with Gasteiger partial charge in [0.2, 0.25) is 5.89 Å². The van der Waals surface area contributed by atoms with Crippen LogP contribution in [-0.4, -0.2) is 23.3 Å². The van der Waals surface area contributed by atoms with Crippen molar-refractivity contribution in [1.82, 2.24) is 10.2 Å². The summed E-state index contributed by atoms with van der Waals surface area (Å²) in [5.41, 5.74) is 3.03. The number of carbonyl (C=O) groups is 1. The third-order valence-electron chi connectivity index (χ3n) is 2.75. The highest BCUT2D eigenvalue weighted by Gasteiger charge is 2.18. The second-order valence-electron chi connectivity index (χ2n) is 3.88. The van der Waals surface area contributed by atoms with Crippen molar-refractivity contribution in [3.05, 3.63) is 35.2 Å². The quantitative estimate of drug-likeness (QED) is 0.748. The monoisotopic (exact) mass is 246 g/mol. The highest BCUT2D eigenvalue weighted by molar-refractivity contribution is 5.84. The zero-order valence-electron chi connectivity index (χ0n) is 9.67. The smallest absolute Gasteiger partial charge is 0.396 e. The summed E-state index contributed by atoms with van der Waals surface area (Å²) in [6.45, 7) is 1.22. The van der Waals surface area contributed by atoms with Gasteiger partial charge in [0, 0.05) is 5.56 Å². The molecule has 2 heterocycles. The Kier molecular flexibility index (Phi) is 2.56. The first-order chi connectivity index (χ1) is 8.78. The van der Waals surface area contributed by atoms with Crippen LogP contribution in [0.3, 0.4) is 0 Å². The zero-order chi connectivity index (χ0) is 12.5. The molecule has 1 aromatic carbocycles. The van der Waals surface area contributed by atoms with E-state index in [9.17, 15) is 4.79 Å². The molecule has 0 fully saturated rings. The maximum atomic E-state index is 11.2. The van der Waals surface area contributed by atoms with E-state index in [1.807, 2.05) is 18.2 Å². The van der Waals surface area contributed by atoms with Gasteiger partial charge < -0.3 is 13.9 Å². The molecule has 0 atom stereocenters. The molecule has 6 nitrogen and oxygen atoms in total. The van der Waals surface area contributed by atoms with Gasteiger partial charge in [0.25, 0.3) is 0 Å². The number of benzene rings is 1. The Morgan fingerprint density at radius 1 is 1.28 bits per heavy atom. The van der Waals surface area contributed by atoms with Crippen LogP contribution in [0.4, 0.5) is 0 Å². The van der Waals surface area contributed by atoms with Gasteiger partial charge in [-0.05, 0) is 23.3 Å². The van der Waals surface area contributed by atoms with Gasteiger partial charge >= 0.3 is 11.9 Å². The Bertz CT molecular complexity index is 606. The van der Waals surface area contributed by atoms with E-state index < -0.39 is 5.97 Å². The second-order valence-corrected chi connectivity index (χ2v) is 3.88. The van der Waals surface area contributed by atoms with Gasteiger partial charge in [-0.15, -0.1) is 10.2 Å². The molecule has 0 N–H and O–H groups in total. The molecule has 0 saturated heterocycles. The number of ether oxygens (including phenoxy) is 2. The number of esters is 1. The van der Waals surface area contributed by atoms with Gasteiger partial charge in [-0.3, -0.25) is 0 Å². The van der Waals surface area contributed by atoms with E-state index in [-0.39, 0.29) is 5.89 Å². The average Bonchev–Trinajstić information content (AvgIpc) is 3.05. The molecule has 0 radical (unpaired) electrons. The minimum atomic E-state index is -0.641. The molecule has 1 aliphatic heterocycles. The summed E-state index contributed by atoms with van der Waals surface area (Å²) >= 11 is 0. The number of aromatic nitrogens is 2. The van der Waals surface area contributed by atoms with Gasteiger partial charge in [0.15, 0.2) is 0 Å². The average molecular weight is 246 g/mol. The first-order valence-corrected chi connectivity index (χ1v) is 5.39. The van der Waals surface area contributed by atoms with E-state index >= 15 is 0 Å². The molecule has 0 amide bonds. The van der Waals surface area contributed by atoms with Crippen LogP contribution >= 0.6 is 0 Å². The predicted molar refractivity (Wildman–Crippen MR) is 59.6 cm³/mol. The Labute approximate surface area is 103 Å². The lowest BCUT2D eigenvalue weighted by Crippen LogP contribution is -2.00. The molecular weight excluding hydrogens is 236 g/mol. The van der Waals surface area contributed by atoms with Crippen molar-refractivity contribution >= 4 is 5.97 Å². The normalized spacial score (nSPS) is 13.4. The Balaban J connectivity index is 1.95. The van der Waals surface area contributed by atoms with Gasteiger partial charge in [-0.25, -0.2) is 4.79 Å². The molecule has 0 unspecified atom stereocenters. The Morgan fingerprint density at radius 2 is 2.11 bits per heavy atom. The summed E-state index contributed by atoms with van der Waals surface area (Å²) in [5.74, 6) is -0.493. The van der Waals surface area contributed by atoms with Crippen LogP contribution in [0.25, 0.3) is 11.5 Å². The van der Waals surface area contributed by atoms with E-state index in [1.165, 1.54) is 7.11 Å². The molecule has 3 rings (SSSR count). The lowest BCUT2D eigenvalue weighted by molar-refractivity contribution is 0.0556. The molecule has 18 heavy (non-hydrogen) atoms. The number of hydrogen-bond donors (Lipinski definition) is 0. The van der Waals surface area contributed by atoms with Crippen LogP contribution < -0.4 is 0 Å². The first-order valence-electron chi connectivity index (χ1n) is 5.39. The fourth-order valence-electron chi connectivity index (χ4n) is 1.81. The Morgan fingerprint density at radius 3 is 2.94 bits per heavy atom. The van der Waals surface area contributed by atoms with Gasteiger partial charge in [0.1, 0.15) is 0 Å². The van der Waals surface area contributed by atoms with Gasteiger partial charge in [-0.2, -0.15) is 0 Å². The van der Waals surface area contributed by atoms with E-state index in [0.717, 1.165) is 16.7 Å². The van der Waals surface area contributed by atoms with Crippen molar-refractivity contribution in [2.45, 2.75) is 13.2 Å². The van der Waals surface area contributed by atoms with Crippen LogP contribution in [0.1, 0.15) is 21.8 Å². The number of methoxy groups -OCH3 is 1. The number of fused-ring (bicyclic) bond motifs is 1. The minimum absolute atomic E-state index is 0.149. The largest absolute Gasteiger partial charge is 0.462 e. The zero-order valence-corrected chi connectivity index (χ0v) is 9.67. The van der Waals surface area contributed by atoms with Crippen molar-refractivity contribution in [1.29, 1.82) is 0 Å². The lowest BCUT2D eigenvalue weighted by atomic mass is 10.1. The molecule has 0 aliphatic carbocycles. The number of nitrogens with zero attached hydrogens (tertiary/aromatic N) is 2. The van der Waals surface area contributed by atoms with E-state index in [1.54, 1.807) is 0 Å². The van der Waals surface area contributed by atoms with Crippen LogP contribution in [-0.2, 0) is 22.7 Å². The van der Waals surface area contributed by atoms with Crippen LogP contribution in [0.15, 0.2) is 22.6 Å². The van der Waals surface area contributed by atoms with E-state index in [4.69, 9.17) is 9.15 Å². The van der Waals surface area contributed by atoms with Gasteiger partial charge in [-0.1, -0.05) is 6.07 Å². The van der Waals surface area contributed by atoms with Crippen molar-refractivity contribution in [2.75, 3.05) is 7.11 Å². The molecule has 0 saturated carbocycles. The highest BCUT2D eigenvalue weighted by Crippen LogP contribution is 2.26. The summed E-state index contributed by atoms with van der Waals surface area (Å²) in [6, 6.07) is 5.75. The van der Waals surface area contributed by atoms with Crippen molar-refractivity contribution < 1.29 is 18.7 Å². The number of carbonyl (C=O) groups excluding carboxylic acids is 1. The predicted octanol–water partition coefficient (Wildman–Crippen LogP) is 1.55. The number of hydrogen-bond acceptors (Lipinski definition) is 6. The third kappa shape index (κ3) is 1.76. The fraction of sp³-hybridized carbons (Fsp3) is 0.250. The molecule has 1 aromatic heterocycles. The summed E-state index contributed by atoms with van der Waals surface area (Å²) < 4.78 is 15.1. The standard InChI is InChI=1S/C12H10N2O4/c1-16-12(15)11-14-13-10(18-11)7-2-3-8-5-17-6-9(8)4-7/h2-4H,5-6H2,1H3. The van der Waals surface area contributed by atoms with Crippen LogP contribution in [0.2, 0.25) is 0 Å². The van der Waals surface area contributed by atoms with E-state index in [2.05, 4.69) is 14.9 Å². The Hall–Kier alpha value is -2.21. The SMILES string of the molecule is COC(=O)c1nnc(-c2ccc3c(c2)COC3)o1. The third-order valence-corrected chi connectivity index (χ3v) is 2.75. The van der Waals surface area contributed by atoms with Crippen LogP contribution in [0, 0.1) is 0 Å². The fourth-order valence-corrected chi connectivity index (χ4v) is 1.81. The number of rotatable bonds is 2. The summed E-state index contributed by atoms with van der Waals surface area (Å²) in [7, 11) is 1.26. The minimum Gasteiger partial charge on any atom is -0.462 e. The van der Waals surface area contributed by atoms with Gasteiger partial charge in [0.05, 0.1) is 20.3 Å². The van der Waals surface area contributed by atoms with Crippen LogP contribution in [0.5, 0.6) is 0 Å². The second kappa shape index (κ2) is 4.23. The molecule has 6 heteroatoms. The molecule has 0 spiro atoms. The highest BCUT2D eigenvalue weighted by atomic mass is 16.5. The summed E-state index contributed by atoms with van der Waals surface area (Å²) in [5, 5.41) is 7.46. The van der Waals surface area contributed by atoms with Crippen molar-refractivity contribution in [2.24, 2.45) is 0 Å². The lowest BCUT2D eigenvalue weighted by Gasteiger charge is -1.98. The maximum Gasteiger partial charge on any atom is 0.396 e. The van der Waals surface area contributed by atoms with E-state index in [0.29, 0.717) is 19.1 Å². The maximum absolute atomic E-state index is 11.2. The van der Waals surface area contributed by atoms with Crippen molar-refractivity contribution in [3.63, 3.8) is 0 Å². The first kappa shape index (κ1) is 10.9.